The molecule has 0 radical (unpaired) electrons. The molecule has 3 aromatic rings. The van der Waals surface area contributed by atoms with Crippen LogP contribution in [0, 0.1) is 0 Å². The zero-order valence-corrected chi connectivity index (χ0v) is 16.2. The fourth-order valence-corrected chi connectivity index (χ4v) is 3.60. The maximum atomic E-state index is 12.5. The highest BCUT2D eigenvalue weighted by molar-refractivity contribution is 7.22. The van der Waals surface area contributed by atoms with E-state index < -0.39 is 0 Å². The molecule has 0 atom stereocenters. The van der Waals surface area contributed by atoms with Crippen molar-refractivity contribution in [3.05, 3.63) is 47.5 Å². The lowest BCUT2D eigenvalue weighted by molar-refractivity contribution is -0.115. The van der Waals surface area contributed by atoms with E-state index in [9.17, 15) is 9.59 Å². The van der Waals surface area contributed by atoms with E-state index in [1.165, 1.54) is 25.4 Å². The third kappa shape index (κ3) is 4.43. The van der Waals surface area contributed by atoms with Crippen LogP contribution in [-0.4, -0.2) is 30.4 Å². The number of nitrogens with one attached hydrogen (secondary N) is 1. The first-order valence-electron chi connectivity index (χ1n) is 8.51. The quantitative estimate of drug-likeness (QED) is 0.621. The van der Waals surface area contributed by atoms with E-state index in [0.717, 1.165) is 16.0 Å². The normalized spacial score (nSPS) is 10.6. The molecule has 140 valence electrons. The average Bonchev–Trinajstić information content (AvgIpc) is 3.03. The van der Waals surface area contributed by atoms with Crippen LogP contribution in [0.15, 0.2) is 36.4 Å². The number of nitrogens with zero attached hydrogens (tertiary/aromatic N) is 1. The van der Waals surface area contributed by atoms with E-state index in [-0.39, 0.29) is 18.1 Å². The third-order valence-corrected chi connectivity index (χ3v) is 4.89. The molecule has 0 fully saturated rings. The predicted molar refractivity (Wildman–Crippen MR) is 106 cm³/mol. The molecule has 0 saturated heterocycles. The van der Waals surface area contributed by atoms with Gasteiger partial charge in [0.2, 0.25) is 5.91 Å². The summed E-state index contributed by atoms with van der Waals surface area (Å²) < 4.78 is 11.7. The van der Waals surface area contributed by atoms with Gasteiger partial charge in [-0.1, -0.05) is 11.3 Å². The van der Waals surface area contributed by atoms with Crippen molar-refractivity contribution in [2.24, 2.45) is 0 Å². The molecule has 7 heteroatoms. The number of ether oxygens (including phenoxy) is 2. The first kappa shape index (κ1) is 18.8. The second-order valence-electron chi connectivity index (χ2n) is 5.89. The highest BCUT2D eigenvalue weighted by Crippen LogP contribution is 2.29. The van der Waals surface area contributed by atoms with Crippen molar-refractivity contribution in [3.8, 4) is 11.5 Å². The van der Waals surface area contributed by atoms with Crippen molar-refractivity contribution in [2.75, 3.05) is 19.0 Å². The fraction of sp³-hybridized carbons (Fsp3) is 0.250. The molecule has 0 aliphatic carbocycles. The predicted octanol–water partition coefficient (Wildman–Crippen LogP) is 4.09. The SMILES string of the molecule is CCOc1ccc2nc(NC(=O)Cc3cc(C(C)=O)ccc3OC)sc2c1. The molecule has 0 bridgehead atoms. The van der Waals surface area contributed by atoms with Crippen molar-refractivity contribution < 1.29 is 19.1 Å². The Hall–Kier alpha value is -2.93. The number of carbonyl (C=O) groups excluding carboxylic acids is 2. The summed E-state index contributed by atoms with van der Waals surface area (Å²) in [5, 5.41) is 3.34. The second kappa shape index (κ2) is 8.18. The number of ketones is 1. The standard InChI is InChI=1S/C20H20N2O4S/c1-4-26-15-6-7-16-18(11-15)27-20(21-16)22-19(24)10-14-9-13(12(2)23)5-8-17(14)25-3/h5-9,11H,4,10H2,1-3H3,(H,21,22,24). The molecule has 0 spiro atoms. The zero-order chi connectivity index (χ0) is 19.4. The molecule has 0 saturated carbocycles. The van der Waals surface area contributed by atoms with Gasteiger partial charge in [0.25, 0.3) is 0 Å². The van der Waals surface area contributed by atoms with Crippen molar-refractivity contribution in [2.45, 2.75) is 20.3 Å². The molecular formula is C20H20N2O4S. The van der Waals surface area contributed by atoms with Crippen LogP contribution >= 0.6 is 11.3 Å². The number of carbonyl (C=O) groups is 2. The first-order chi connectivity index (χ1) is 13.0. The summed E-state index contributed by atoms with van der Waals surface area (Å²) in [5.41, 5.74) is 2.00. The Bertz CT molecular complexity index is 997. The minimum absolute atomic E-state index is 0.0596. The Morgan fingerprint density at radius 3 is 2.70 bits per heavy atom. The van der Waals surface area contributed by atoms with E-state index in [1.54, 1.807) is 18.2 Å². The maximum Gasteiger partial charge on any atom is 0.230 e. The van der Waals surface area contributed by atoms with Crippen LogP contribution in [0.3, 0.4) is 0 Å². The first-order valence-corrected chi connectivity index (χ1v) is 9.33. The molecule has 0 aliphatic rings. The number of rotatable bonds is 7. The van der Waals surface area contributed by atoms with E-state index >= 15 is 0 Å². The number of amides is 1. The summed E-state index contributed by atoms with van der Waals surface area (Å²) in [6.07, 6.45) is 0.0877. The van der Waals surface area contributed by atoms with Crippen LogP contribution in [0.1, 0.15) is 29.8 Å². The topological polar surface area (TPSA) is 77.5 Å². The number of thiazole rings is 1. The van der Waals surface area contributed by atoms with E-state index in [0.29, 0.717) is 28.6 Å². The third-order valence-electron chi connectivity index (χ3n) is 3.96. The Balaban J connectivity index is 1.77. The summed E-state index contributed by atoms with van der Waals surface area (Å²) in [6.45, 7) is 4.01. The van der Waals surface area contributed by atoms with Gasteiger partial charge in [0.05, 0.1) is 30.4 Å². The van der Waals surface area contributed by atoms with E-state index in [4.69, 9.17) is 9.47 Å². The molecular weight excluding hydrogens is 364 g/mol. The number of hydrogen-bond acceptors (Lipinski definition) is 6. The van der Waals surface area contributed by atoms with Crippen molar-refractivity contribution in [3.63, 3.8) is 0 Å². The minimum Gasteiger partial charge on any atom is -0.496 e. The number of aromatic nitrogens is 1. The van der Waals surface area contributed by atoms with Crippen molar-refractivity contribution in [1.29, 1.82) is 0 Å². The Morgan fingerprint density at radius 1 is 1.19 bits per heavy atom. The summed E-state index contributed by atoms with van der Waals surface area (Å²) in [5.74, 6) is 1.06. The summed E-state index contributed by atoms with van der Waals surface area (Å²) in [7, 11) is 1.54. The number of anilines is 1. The molecule has 0 aliphatic heterocycles. The molecule has 3 rings (SSSR count). The number of hydrogen-bond donors (Lipinski definition) is 1. The van der Waals surface area contributed by atoms with Gasteiger partial charge in [-0.3, -0.25) is 9.59 Å². The lowest BCUT2D eigenvalue weighted by atomic mass is 10.0. The van der Waals surface area contributed by atoms with Gasteiger partial charge < -0.3 is 14.8 Å². The summed E-state index contributed by atoms with van der Waals surface area (Å²) in [4.78, 5) is 28.5. The number of methoxy groups -OCH3 is 1. The van der Waals surface area contributed by atoms with Crippen LogP contribution in [0.4, 0.5) is 5.13 Å². The number of benzene rings is 2. The van der Waals surface area contributed by atoms with Crippen LogP contribution in [0.25, 0.3) is 10.2 Å². The van der Waals surface area contributed by atoms with Crippen molar-refractivity contribution in [1.82, 2.24) is 4.98 Å². The van der Waals surface area contributed by atoms with Gasteiger partial charge in [-0.05, 0) is 50.2 Å². The Labute approximate surface area is 161 Å². The fourth-order valence-electron chi connectivity index (χ4n) is 2.69. The lowest BCUT2D eigenvalue weighted by Gasteiger charge is -2.09. The van der Waals surface area contributed by atoms with Crippen molar-refractivity contribution >= 4 is 38.4 Å². The molecule has 2 aromatic carbocycles. The highest BCUT2D eigenvalue weighted by Gasteiger charge is 2.14. The maximum absolute atomic E-state index is 12.5. The summed E-state index contributed by atoms with van der Waals surface area (Å²) >= 11 is 1.39. The average molecular weight is 384 g/mol. The van der Waals surface area contributed by atoms with Gasteiger partial charge in [-0.15, -0.1) is 0 Å². The smallest absolute Gasteiger partial charge is 0.230 e. The Morgan fingerprint density at radius 2 is 2.00 bits per heavy atom. The zero-order valence-electron chi connectivity index (χ0n) is 15.4. The molecule has 1 heterocycles. The van der Waals surface area contributed by atoms with Crippen LogP contribution in [0.5, 0.6) is 11.5 Å². The molecule has 0 unspecified atom stereocenters. The summed E-state index contributed by atoms with van der Waals surface area (Å²) in [6, 6.07) is 10.7. The van der Waals surface area contributed by atoms with Gasteiger partial charge in [-0.25, -0.2) is 4.98 Å². The molecule has 1 amide bonds. The van der Waals surface area contributed by atoms with E-state index in [2.05, 4.69) is 10.3 Å². The number of fused-ring (bicyclic) bond motifs is 1. The monoisotopic (exact) mass is 384 g/mol. The molecule has 6 nitrogen and oxygen atoms in total. The van der Waals surface area contributed by atoms with Gasteiger partial charge >= 0.3 is 0 Å². The van der Waals surface area contributed by atoms with Gasteiger partial charge in [0.1, 0.15) is 11.5 Å². The second-order valence-corrected chi connectivity index (χ2v) is 6.92. The van der Waals surface area contributed by atoms with Crippen LogP contribution < -0.4 is 14.8 Å². The minimum atomic E-state index is -0.224. The van der Waals surface area contributed by atoms with Gasteiger partial charge in [-0.2, -0.15) is 0 Å². The largest absolute Gasteiger partial charge is 0.496 e. The van der Waals surface area contributed by atoms with Gasteiger partial charge in [0.15, 0.2) is 10.9 Å². The highest BCUT2D eigenvalue weighted by atomic mass is 32.1. The van der Waals surface area contributed by atoms with E-state index in [1.807, 2.05) is 25.1 Å². The van der Waals surface area contributed by atoms with Crippen LogP contribution in [-0.2, 0) is 11.2 Å². The lowest BCUT2D eigenvalue weighted by Crippen LogP contribution is -2.15. The molecule has 1 N–H and O–H groups in total. The Kier molecular flexibility index (Phi) is 5.71. The number of Topliss-reactive ketones (excluding diaryl/α,β-unsaturated/α-hetero) is 1. The van der Waals surface area contributed by atoms with Gasteiger partial charge in [0, 0.05) is 11.1 Å². The molecule has 27 heavy (non-hydrogen) atoms. The van der Waals surface area contributed by atoms with Crippen LogP contribution in [0.2, 0.25) is 0 Å². The molecule has 1 aromatic heterocycles.